The smallest absolute Gasteiger partial charge is 0.229 e. The molecule has 2 rings (SSSR count). The van der Waals surface area contributed by atoms with E-state index in [2.05, 4.69) is 54.9 Å². The van der Waals surface area contributed by atoms with Crippen LogP contribution in [0.25, 0.3) is 0 Å². The number of benzene rings is 1. The number of nitrogens with zero attached hydrogens (tertiary/aromatic N) is 3. The average molecular weight is 534 g/mol. The summed E-state index contributed by atoms with van der Waals surface area (Å²) >= 11 is 3.50. The molecule has 1 heterocycles. The molecule has 0 amide bonds. The highest BCUT2D eigenvalue weighted by Crippen LogP contribution is 2.38. The van der Waals surface area contributed by atoms with Gasteiger partial charge in [-0.25, -0.2) is 4.98 Å². The van der Waals surface area contributed by atoms with Gasteiger partial charge in [0.1, 0.15) is 18.7 Å². The van der Waals surface area contributed by atoms with Crippen LogP contribution in [0.15, 0.2) is 70.8 Å². The number of nitrogens with one attached hydrogen (secondary N) is 2. The van der Waals surface area contributed by atoms with Crippen LogP contribution in [0.4, 0.5) is 17.5 Å². The maximum atomic E-state index is 12.7. The third-order valence-electron chi connectivity index (χ3n) is 4.85. The molecule has 0 radical (unpaired) electrons. The first-order chi connectivity index (χ1) is 15.6. The molecule has 0 bridgehead atoms. The third kappa shape index (κ3) is 7.47. The van der Waals surface area contributed by atoms with Crippen LogP contribution in [0, 0.1) is 0 Å². The van der Waals surface area contributed by atoms with Gasteiger partial charge in [-0.15, -0.1) is 0 Å². The van der Waals surface area contributed by atoms with E-state index in [0.29, 0.717) is 27.7 Å². The maximum Gasteiger partial charge on any atom is 0.229 e. The Morgan fingerprint density at radius 1 is 1.33 bits per heavy atom. The van der Waals surface area contributed by atoms with E-state index in [1.807, 2.05) is 50.4 Å². The van der Waals surface area contributed by atoms with Gasteiger partial charge >= 0.3 is 0 Å². The molecule has 0 saturated heterocycles. The van der Waals surface area contributed by atoms with Crippen molar-refractivity contribution in [1.82, 2.24) is 14.9 Å². The van der Waals surface area contributed by atoms with Gasteiger partial charge in [0, 0.05) is 36.9 Å². The predicted octanol–water partition coefficient (Wildman–Crippen LogP) is 5.93. The molecule has 2 aromatic rings. The Morgan fingerprint density at radius 3 is 2.64 bits per heavy atom. The minimum absolute atomic E-state index is 0.387. The van der Waals surface area contributed by atoms with Gasteiger partial charge in [-0.3, -0.25) is 0 Å². The topological polar surface area (TPSA) is 79.4 Å². The van der Waals surface area contributed by atoms with Crippen molar-refractivity contribution < 1.29 is 9.30 Å². The van der Waals surface area contributed by atoms with Crippen LogP contribution in [-0.4, -0.2) is 48.9 Å². The number of methoxy groups -OCH3 is 1. The maximum absolute atomic E-state index is 12.7. The second-order valence-corrected chi connectivity index (χ2v) is 11.9. The first kappa shape index (κ1) is 26.7. The fraction of sp³-hybridized carbons (Fsp3) is 0.333. The van der Waals surface area contributed by atoms with Crippen molar-refractivity contribution in [3.8, 4) is 0 Å². The van der Waals surface area contributed by atoms with E-state index >= 15 is 0 Å². The molecule has 0 spiro atoms. The first-order valence-electron chi connectivity index (χ1n) is 10.6. The van der Waals surface area contributed by atoms with Crippen molar-refractivity contribution >= 4 is 45.8 Å². The Bertz CT molecular complexity index is 1090. The van der Waals surface area contributed by atoms with Gasteiger partial charge in [0.25, 0.3) is 0 Å². The van der Waals surface area contributed by atoms with Crippen LogP contribution in [-0.2, 0) is 9.30 Å². The zero-order chi connectivity index (χ0) is 24.6. The molecule has 0 fully saturated rings. The molecule has 9 heteroatoms. The van der Waals surface area contributed by atoms with E-state index < -0.39 is 7.14 Å². The van der Waals surface area contributed by atoms with E-state index in [1.54, 1.807) is 26.6 Å². The number of likely N-dealkylation sites (N-methyl/N-ethyl adjacent to an activating group) is 1. The Hall–Kier alpha value is -2.57. The molecule has 0 unspecified atom stereocenters. The average Bonchev–Trinajstić information content (AvgIpc) is 2.77. The molecular weight excluding hydrogens is 501 g/mol. The fourth-order valence-corrected chi connectivity index (χ4v) is 4.52. The second kappa shape index (κ2) is 12.1. The standard InChI is InChI=1S/C24H33BrN5O2P/c1-8-14-30(4)17(3)15-21(32-5)19(9-2)28-24-26-16-18(25)23(29-24)27-20-12-10-11-13-22(20)33(6,7)31/h9-13,15-16H,3,8,14H2,1-2,4-7H3,(H2,26,27,28,29)/b19-9+,21-15+. The lowest BCUT2D eigenvalue weighted by Crippen LogP contribution is -2.17. The molecule has 2 N–H and O–H groups in total. The Balaban J connectivity index is 2.32. The number of halogens is 1. The number of aromatic nitrogens is 2. The number of rotatable bonds is 11. The van der Waals surface area contributed by atoms with Crippen molar-refractivity contribution in [1.29, 1.82) is 0 Å². The van der Waals surface area contributed by atoms with E-state index in [-0.39, 0.29) is 0 Å². The minimum atomic E-state index is -2.47. The summed E-state index contributed by atoms with van der Waals surface area (Å²) in [6.07, 6.45) is 6.46. The van der Waals surface area contributed by atoms with Crippen LogP contribution in [0.2, 0.25) is 0 Å². The van der Waals surface area contributed by atoms with Crippen LogP contribution in [0.1, 0.15) is 20.3 Å². The van der Waals surface area contributed by atoms with Crippen LogP contribution in [0.3, 0.4) is 0 Å². The van der Waals surface area contributed by atoms with E-state index in [1.165, 1.54) is 0 Å². The third-order valence-corrected chi connectivity index (χ3v) is 6.98. The molecule has 0 aliphatic heterocycles. The molecule has 33 heavy (non-hydrogen) atoms. The zero-order valence-electron chi connectivity index (χ0n) is 20.1. The van der Waals surface area contributed by atoms with E-state index in [0.717, 1.165) is 29.7 Å². The summed E-state index contributed by atoms with van der Waals surface area (Å²) in [5, 5.41) is 7.27. The predicted molar refractivity (Wildman–Crippen MR) is 143 cm³/mol. The van der Waals surface area contributed by atoms with Gasteiger partial charge in [-0.2, -0.15) is 4.98 Å². The molecule has 0 saturated carbocycles. The van der Waals surface area contributed by atoms with E-state index in [4.69, 9.17) is 4.74 Å². The van der Waals surface area contributed by atoms with Crippen LogP contribution < -0.4 is 15.9 Å². The summed E-state index contributed by atoms with van der Waals surface area (Å²) in [7, 11) is 1.14. The SMILES string of the molecule is C=C(/C=C(OC)\C(=C/C)Nc1ncc(Br)c(Nc2ccccc2P(C)(C)=O)n1)N(C)CCC. The van der Waals surface area contributed by atoms with Gasteiger partial charge in [0.2, 0.25) is 5.95 Å². The number of ether oxygens (including phenoxy) is 1. The zero-order valence-corrected chi connectivity index (χ0v) is 22.6. The van der Waals surface area contributed by atoms with Crippen molar-refractivity contribution in [2.75, 3.05) is 44.7 Å². The lowest BCUT2D eigenvalue weighted by atomic mass is 10.2. The number of para-hydroxylation sites is 1. The molecule has 0 aliphatic rings. The molecule has 1 aromatic carbocycles. The van der Waals surface area contributed by atoms with Gasteiger partial charge < -0.3 is 24.8 Å². The first-order valence-corrected chi connectivity index (χ1v) is 14.0. The van der Waals surface area contributed by atoms with Gasteiger partial charge in [0.15, 0.2) is 0 Å². The van der Waals surface area contributed by atoms with Crippen molar-refractivity contribution in [3.63, 3.8) is 0 Å². The summed E-state index contributed by atoms with van der Waals surface area (Å²) in [4.78, 5) is 11.1. The Labute approximate surface area is 205 Å². The Morgan fingerprint density at radius 2 is 2.03 bits per heavy atom. The molecule has 0 aliphatic carbocycles. The second-order valence-electron chi connectivity index (χ2n) is 7.84. The van der Waals surface area contributed by atoms with Crippen molar-refractivity contribution in [3.05, 3.63) is 70.8 Å². The number of hydrogen-bond donors (Lipinski definition) is 2. The van der Waals surface area contributed by atoms with Gasteiger partial charge in [-0.1, -0.05) is 31.7 Å². The molecule has 7 nitrogen and oxygen atoms in total. The van der Waals surface area contributed by atoms with Crippen molar-refractivity contribution in [2.45, 2.75) is 20.3 Å². The lowest BCUT2D eigenvalue weighted by molar-refractivity contribution is 0.298. The summed E-state index contributed by atoms with van der Waals surface area (Å²) in [5.74, 6) is 1.56. The molecule has 178 valence electrons. The quantitative estimate of drug-likeness (QED) is 0.210. The minimum Gasteiger partial charge on any atom is -0.495 e. The molecule has 0 atom stereocenters. The number of anilines is 3. The monoisotopic (exact) mass is 533 g/mol. The number of allylic oxidation sites excluding steroid dienone is 2. The molecular formula is C24H33BrN5O2P. The van der Waals surface area contributed by atoms with Gasteiger partial charge in [0.05, 0.1) is 23.0 Å². The molecule has 1 aromatic heterocycles. The highest BCUT2D eigenvalue weighted by molar-refractivity contribution is 9.10. The summed E-state index contributed by atoms with van der Waals surface area (Å²) in [5.41, 5.74) is 2.30. The number of hydrogen-bond acceptors (Lipinski definition) is 7. The largest absolute Gasteiger partial charge is 0.495 e. The lowest BCUT2D eigenvalue weighted by Gasteiger charge is -2.20. The summed E-state index contributed by atoms with van der Waals surface area (Å²) in [6.45, 7) is 12.6. The van der Waals surface area contributed by atoms with Crippen molar-refractivity contribution in [2.24, 2.45) is 0 Å². The summed E-state index contributed by atoms with van der Waals surface area (Å²) in [6, 6.07) is 7.53. The highest BCUT2D eigenvalue weighted by Gasteiger charge is 2.17. The van der Waals surface area contributed by atoms with Crippen LogP contribution >= 0.6 is 23.1 Å². The Kier molecular flexibility index (Phi) is 9.74. The fourth-order valence-electron chi connectivity index (χ4n) is 3.08. The van der Waals surface area contributed by atoms with Gasteiger partial charge in [-0.05, 0) is 54.7 Å². The van der Waals surface area contributed by atoms with E-state index in [9.17, 15) is 4.57 Å². The summed E-state index contributed by atoms with van der Waals surface area (Å²) < 4.78 is 19.0. The normalized spacial score (nSPS) is 12.3. The van der Waals surface area contributed by atoms with Crippen LogP contribution in [0.5, 0.6) is 0 Å². The highest BCUT2D eigenvalue weighted by atomic mass is 79.9.